The molecule has 0 radical (unpaired) electrons. The van der Waals surface area contributed by atoms with E-state index in [-0.39, 0.29) is 0 Å². The van der Waals surface area contributed by atoms with Crippen LogP contribution < -0.4 is 4.74 Å². The summed E-state index contributed by atoms with van der Waals surface area (Å²) in [6, 6.07) is 8.73. The standard InChI is InChI=1S/C18H27NO2/c1-15(20)13-17-8-4-3-5-11-19(17)12-10-16-7-6-9-18(14-16)21-2/h6-7,9,14,17H,3-5,8,10-13H2,1-2H3. The van der Waals surface area contributed by atoms with Gasteiger partial charge in [-0.3, -0.25) is 9.69 Å². The Morgan fingerprint density at radius 1 is 1.33 bits per heavy atom. The van der Waals surface area contributed by atoms with Crippen molar-refractivity contribution in [2.24, 2.45) is 0 Å². The van der Waals surface area contributed by atoms with Gasteiger partial charge in [0.2, 0.25) is 0 Å². The molecule has 3 nitrogen and oxygen atoms in total. The molecule has 1 unspecified atom stereocenters. The van der Waals surface area contributed by atoms with Gasteiger partial charge in [0.25, 0.3) is 0 Å². The minimum Gasteiger partial charge on any atom is -0.497 e. The van der Waals surface area contributed by atoms with Crippen LogP contribution in [0.2, 0.25) is 0 Å². The van der Waals surface area contributed by atoms with E-state index in [9.17, 15) is 4.79 Å². The van der Waals surface area contributed by atoms with E-state index in [2.05, 4.69) is 17.0 Å². The molecule has 2 rings (SSSR count). The lowest BCUT2D eigenvalue weighted by Crippen LogP contribution is -2.37. The topological polar surface area (TPSA) is 29.5 Å². The fourth-order valence-corrected chi connectivity index (χ4v) is 3.19. The minimum absolute atomic E-state index is 0.313. The zero-order chi connectivity index (χ0) is 15.1. The van der Waals surface area contributed by atoms with Crippen molar-refractivity contribution in [1.82, 2.24) is 4.90 Å². The van der Waals surface area contributed by atoms with Gasteiger partial charge in [0.05, 0.1) is 7.11 Å². The predicted molar refractivity (Wildman–Crippen MR) is 85.8 cm³/mol. The molecule has 116 valence electrons. The first-order chi connectivity index (χ1) is 10.2. The molecule has 1 aromatic rings. The third kappa shape index (κ3) is 5.16. The van der Waals surface area contributed by atoms with E-state index in [0.29, 0.717) is 18.2 Å². The molecule has 1 aliphatic rings. The first-order valence-electron chi connectivity index (χ1n) is 8.05. The van der Waals surface area contributed by atoms with Crippen LogP contribution in [0, 0.1) is 0 Å². The summed E-state index contributed by atoms with van der Waals surface area (Å²) in [5.41, 5.74) is 1.31. The molecule has 0 spiro atoms. The number of methoxy groups -OCH3 is 1. The van der Waals surface area contributed by atoms with Crippen LogP contribution in [0.4, 0.5) is 0 Å². The van der Waals surface area contributed by atoms with Crippen molar-refractivity contribution in [2.45, 2.75) is 51.5 Å². The van der Waals surface area contributed by atoms with Crippen LogP contribution in [-0.2, 0) is 11.2 Å². The second kappa shape index (κ2) is 8.18. The molecule has 0 amide bonds. The molecular weight excluding hydrogens is 262 g/mol. The Morgan fingerprint density at radius 2 is 2.19 bits per heavy atom. The number of hydrogen-bond donors (Lipinski definition) is 0. The average molecular weight is 289 g/mol. The molecule has 1 saturated heterocycles. The molecule has 0 bridgehead atoms. The molecule has 1 aromatic carbocycles. The Labute approximate surface area is 128 Å². The Bertz CT molecular complexity index is 458. The number of rotatable bonds is 6. The van der Waals surface area contributed by atoms with E-state index in [0.717, 1.165) is 31.7 Å². The minimum atomic E-state index is 0.313. The highest BCUT2D eigenvalue weighted by Crippen LogP contribution is 2.21. The summed E-state index contributed by atoms with van der Waals surface area (Å²) in [5, 5.41) is 0. The van der Waals surface area contributed by atoms with Gasteiger partial charge < -0.3 is 4.74 Å². The molecule has 1 heterocycles. The van der Waals surface area contributed by atoms with Gasteiger partial charge in [-0.1, -0.05) is 25.0 Å². The normalized spacial score (nSPS) is 20.0. The highest BCUT2D eigenvalue weighted by atomic mass is 16.5. The van der Waals surface area contributed by atoms with Gasteiger partial charge in [-0.15, -0.1) is 0 Å². The van der Waals surface area contributed by atoms with Crippen molar-refractivity contribution in [3.8, 4) is 5.75 Å². The number of likely N-dealkylation sites (tertiary alicyclic amines) is 1. The highest BCUT2D eigenvalue weighted by molar-refractivity contribution is 5.76. The Balaban J connectivity index is 1.95. The Hall–Kier alpha value is -1.35. The van der Waals surface area contributed by atoms with Gasteiger partial charge in [-0.2, -0.15) is 0 Å². The van der Waals surface area contributed by atoms with Crippen LogP contribution >= 0.6 is 0 Å². The summed E-state index contributed by atoms with van der Waals surface area (Å²) < 4.78 is 5.28. The molecule has 1 fully saturated rings. The third-order valence-corrected chi connectivity index (χ3v) is 4.34. The SMILES string of the molecule is COc1cccc(CCN2CCCCCC2CC(C)=O)c1. The van der Waals surface area contributed by atoms with Crippen molar-refractivity contribution in [2.75, 3.05) is 20.2 Å². The molecule has 0 aromatic heterocycles. The average Bonchev–Trinajstić information content (AvgIpc) is 2.70. The van der Waals surface area contributed by atoms with Crippen molar-refractivity contribution >= 4 is 5.78 Å². The van der Waals surface area contributed by atoms with E-state index < -0.39 is 0 Å². The summed E-state index contributed by atoms with van der Waals surface area (Å²) >= 11 is 0. The van der Waals surface area contributed by atoms with Crippen molar-refractivity contribution in [1.29, 1.82) is 0 Å². The molecule has 3 heteroatoms. The fraction of sp³-hybridized carbons (Fsp3) is 0.611. The second-order valence-corrected chi connectivity index (χ2v) is 6.05. The maximum atomic E-state index is 11.5. The third-order valence-electron chi connectivity index (χ3n) is 4.34. The first kappa shape index (κ1) is 16.0. The van der Waals surface area contributed by atoms with Crippen LogP contribution in [0.5, 0.6) is 5.75 Å². The van der Waals surface area contributed by atoms with Gasteiger partial charge in [0.15, 0.2) is 0 Å². The summed E-state index contributed by atoms with van der Waals surface area (Å²) in [6.07, 6.45) is 6.70. The van der Waals surface area contributed by atoms with Crippen LogP contribution in [0.1, 0.15) is 44.6 Å². The zero-order valence-corrected chi connectivity index (χ0v) is 13.3. The lowest BCUT2D eigenvalue weighted by Gasteiger charge is -2.29. The van der Waals surface area contributed by atoms with E-state index >= 15 is 0 Å². The molecule has 1 aliphatic heterocycles. The number of ketones is 1. The van der Waals surface area contributed by atoms with Gasteiger partial charge in [0, 0.05) is 19.0 Å². The number of benzene rings is 1. The summed E-state index contributed by atoms with van der Waals surface area (Å²) in [7, 11) is 1.71. The molecule has 0 N–H and O–H groups in total. The maximum absolute atomic E-state index is 11.5. The summed E-state index contributed by atoms with van der Waals surface area (Å²) in [4.78, 5) is 14.0. The van der Waals surface area contributed by atoms with Gasteiger partial charge in [-0.25, -0.2) is 0 Å². The first-order valence-corrected chi connectivity index (χ1v) is 8.05. The number of ether oxygens (including phenoxy) is 1. The van der Waals surface area contributed by atoms with Crippen molar-refractivity contribution < 1.29 is 9.53 Å². The lowest BCUT2D eigenvalue weighted by molar-refractivity contribution is -0.118. The van der Waals surface area contributed by atoms with Gasteiger partial charge >= 0.3 is 0 Å². The molecule has 21 heavy (non-hydrogen) atoms. The number of Topliss-reactive ketones (excluding diaryl/α,β-unsaturated/α-hetero) is 1. The van der Waals surface area contributed by atoms with E-state index in [1.54, 1.807) is 14.0 Å². The fourth-order valence-electron chi connectivity index (χ4n) is 3.19. The molecular formula is C18H27NO2. The quantitative estimate of drug-likeness (QED) is 0.803. The van der Waals surface area contributed by atoms with Crippen LogP contribution in [0.25, 0.3) is 0 Å². The lowest BCUT2D eigenvalue weighted by atomic mass is 10.0. The summed E-state index contributed by atoms with van der Waals surface area (Å²) in [5.74, 6) is 1.23. The van der Waals surface area contributed by atoms with E-state index in [4.69, 9.17) is 4.74 Å². The summed E-state index contributed by atoms with van der Waals surface area (Å²) in [6.45, 7) is 3.87. The molecule has 0 aliphatic carbocycles. The number of carbonyl (C=O) groups is 1. The Kier molecular flexibility index (Phi) is 6.24. The van der Waals surface area contributed by atoms with E-state index in [1.807, 2.05) is 12.1 Å². The molecule has 1 atom stereocenters. The van der Waals surface area contributed by atoms with Crippen molar-refractivity contribution in [3.05, 3.63) is 29.8 Å². The van der Waals surface area contributed by atoms with Crippen LogP contribution in [0.3, 0.4) is 0 Å². The van der Waals surface area contributed by atoms with Gasteiger partial charge in [0.1, 0.15) is 11.5 Å². The van der Waals surface area contributed by atoms with Crippen LogP contribution in [0.15, 0.2) is 24.3 Å². The zero-order valence-electron chi connectivity index (χ0n) is 13.3. The smallest absolute Gasteiger partial charge is 0.131 e. The maximum Gasteiger partial charge on any atom is 0.131 e. The molecule has 0 saturated carbocycles. The second-order valence-electron chi connectivity index (χ2n) is 6.05. The van der Waals surface area contributed by atoms with E-state index in [1.165, 1.54) is 24.8 Å². The van der Waals surface area contributed by atoms with Gasteiger partial charge in [-0.05, 0) is 50.4 Å². The number of hydrogen-bond acceptors (Lipinski definition) is 3. The van der Waals surface area contributed by atoms with Crippen molar-refractivity contribution in [3.63, 3.8) is 0 Å². The largest absolute Gasteiger partial charge is 0.497 e. The van der Waals surface area contributed by atoms with Crippen LogP contribution in [-0.4, -0.2) is 36.9 Å². The monoisotopic (exact) mass is 289 g/mol. The Morgan fingerprint density at radius 3 is 2.95 bits per heavy atom. The number of nitrogens with zero attached hydrogens (tertiary/aromatic N) is 1. The predicted octanol–water partition coefficient (Wildman–Crippen LogP) is 3.46. The number of carbonyl (C=O) groups excluding carboxylic acids is 1. The highest BCUT2D eigenvalue weighted by Gasteiger charge is 2.21.